The summed E-state index contributed by atoms with van der Waals surface area (Å²) in [6.07, 6.45) is -19.5. The van der Waals surface area contributed by atoms with Crippen molar-refractivity contribution >= 4 is 23.4 Å². The molecular formula is C51H92N2O18. The minimum Gasteiger partial charge on any atom is -0.388 e. The molecule has 0 radical (unpaired) electrons. The van der Waals surface area contributed by atoms with Crippen LogP contribution in [-0.2, 0) is 57.1 Å². The van der Waals surface area contributed by atoms with E-state index in [2.05, 4.69) is 10.6 Å². The molecule has 4 aliphatic heterocycles. The molecule has 414 valence electrons. The lowest BCUT2D eigenvalue weighted by atomic mass is 9.78. The molecule has 2 amide bonds. The molecule has 0 aromatic heterocycles. The Balaban J connectivity index is 0.000000377. The molecule has 4 heterocycles. The maximum Gasteiger partial charge on any atom is 0.217 e. The number of hydrogen-bond donors (Lipinski definition) is 8. The average molecular weight is 1020 g/mol. The Bertz CT molecular complexity index is 1770. The summed E-state index contributed by atoms with van der Waals surface area (Å²) in [5.74, 6) is -1.42. The van der Waals surface area contributed by atoms with Gasteiger partial charge in [-0.3, -0.25) is 19.2 Å². The smallest absolute Gasteiger partial charge is 0.217 e. The van der Waals surface area contributed by atoms with E-state index >= 15 is 0 Å². The predicted octanol–water partition coefficient (Wildman–Crippen LogP) is 2.39. The summed E-state index contributed by atoms with van der Waals surface area (Å²) < 4.78 is 48.3. The average Bonchev–Trinajstić information content (AvgIpc) is 3.20. The highest BCUT2D eigenvalue weighted by atomic mass is 16.7. The number of carbonyl (C=O) groups excluding carboxylic acids is 4. The van der Waals surface area contributed by atoms with Crippen LogP contribution in [-0.4, -0.2) is 188 Å². The molecule has 4 fully saturated rings. The molecule has 20 nitrogen and oxygen atoms in total. The Labute approximate surface area is 421 Å². The van der Waals surface area contributed by atoms with Crippen molar-refractivity contribution in [1.29, 1.82) is 0 Å². The molecule has 0 saturated carbocycles. The lowest BCUT2D eigenvalue weighted by Gasteiger charge is -2.51. The van der Waals surface area contributed by atoms with E-state index in [9.17, 15) is 49.8 Å². The highest BCUT2D eigenvalue weighted by molar-refractivity contribution is 5.88. The van der Waals surface area contributed by atoms with Crippen LogP contribution in [0.15, 0.2) is 0 Å². The van der Waals surface area contributed by atoms with Crippen LogP contribution in [0.5, 0.6) is 0 Å². The van der Waals surface area contributed by atoms with Gasteiger partial charge in [-0.1, -0.05) is 76.2 Å². The Morgan fingerprint density at radius 3 is 1.06 bits per heavy atom. The zero-order chi connectivity index (χ0) is 54.8. The van der Waals surface area contributed by atoms with Gasteiger partial charge in [-0.15, -0.1) is 0 Å². The van der Waals surface area contributed by atoms with E-state index in [0.29, 0.717) is 12.8 Å². The largest absolute Gasteiger partial charge is 0.388 e. The minimum absolute atomic E-state index is 0.328. The van der Waals surface area contributed by atoms with Crippen LogP contribution in [0, 0.1) is 16.2 Å². The fourth-order valence-corrected chi connectivity index (χ4v) is 9.43. The van der Waals surface area contributed by atoms with Gasteiger partial charge in [0, 0.05) is 19.3 Å². The first-order chi connectivity index (χ1) is 32.2. The second-order valence-corrected chi connectivity index (χ2v) is 24.8. The summed E-state index contributed by atoms with van der Waals surface area (Å²) in [6.45, 7) is 35.3. The summed E-state index contributed by atoms with van der Waals surface area (Å²) in [7, 11) is 0. The third kappa shape index (κ3) is 16.4. The van der Waals surface area contributed by atoms with Crippen LogP contribution in [0.1, 0.15) is 151 Å². The Morgan fingerprint density at radius 1 is 0.465 bits per heavy atom. The first-order valence-corrected chi connectivity index (χ1v) is 25.1. The Hall–Kier alpha value is -2.28. The summed E-state index contributed by atoms with van der Waals surface area (Å²) >= 11 is 0. The molecule has 0 aromatic rings. The zero-order valence-corrected chi connectivity index (χ0v) is 46.0. The molecule has 20 heteroatoms. The molecule has 4 aliphatic rings. The third-order valence-corrected chi connectivity index (χ3v) is 12.7. The maximum absolute atomic E-state index is 13.4. The van der Waals surface area contributed by atoms with Crippen molar-refractivity contribution < 1.29 is 87.7 Å². The van der Waals surface area contributed by atoms with E-state index in [0.717, 1.165) is 0 Å². The Morgan fingerprint density at radius 2 is 0.789 bits per heavy atom. The van der Waals surface area contributed by atoms with Crippen molar-refractivity contribution in [2.45, 2.75) is 285 Å². The van der Waals surface area contributed by atoms with Gasteiger partial charge in [0.15, 0.2) is 24.1 Å². The monoisotopic (exact) mass is 1020 g/mol. The second-order valence-electron chi connectivity index (χ2n) is 24.8. The number of amides is 2. The summed E-state index contributed by atoms with van der Waals surface area (Å²) in [4.78, 5) is 49.9. The zero-order valence-electron chi connectivity index (χ0n) is 46.0. The van der Waals surface area contributed by atoms with Gasteiger partial charge in [0.1, 0.15) is 73.2 Å². The molecule has 20 unspecified atom stereocenters. The first-order valence-electron chi connectivity index (χ1n) is 25.1. The fourth-order valence-electron chi connectivity index (χ4n) is 9.43. The van der Waals surface area contributed by atoms with E-state index in [4.69, 9.17) is 37.9 Å². The van der Waals surface area contributed by atoms with Crippen LogP contribution >= 0.6 is 0 Å². The number of Topliss-reactive ketones (excluding diaryl/α,β-unsaturated/α-hetero) is 2. The molecule has 0 aromatic carbocycles. The quantitative estimate of drug-likeness (QED) is 0.139. The number of aliphatic hydroxyl groups excluding tert-OH is 6. The van der Waals surface area contributed by atoms with Crippen molar-refractivity contribution in [3.8, 4) is 0 Å². The number of carbonyl (C=O) groups is 4. The number of rotatable bonds is 12. The summed E-state index contributed by atoms with van der Waals surface area (Å²) in [5, 5.41) is 71.7. The van der Waals surface area contributed by atoms with Crippen molar-refractivity contribution in [2.75, 3.05) is 0 Å². The molecule has 0 bridgehead atoms. The molecule has 4 rings (SSSR count). The first kappa shape index (κ1) is 63.0. The predicted molar refractivity (Wildman–Crippen MR) is 260 cm³/mol. The van der Waals surface area contributed by atoms with Gasteiger partial charge in [0.25, 0.3) is 0 Å². The van der Waals surface area contributed by atoms with Gasteiger partial charge >= 0.3 is 0 Å². The molecular weight excluding hydrogens is 929 g/mol. The normalized spacial score (nSPS) is 38.6. The molecule has 0 aliphatic carbocycles. The maximum atomic E-state index is 13.4. The highest BCUT2D eigenvalue weighted by Crippen LogP contribution is 2.40. The van der Waals surface area contributed by atoms with Crippen LogP contribution < -0.4 is 10.6 Å². The van der Waals surface area contributed by atoms with Gasteiger partial charge in [0.2, 0.25) is 11.8 Å². The number of ether oxygens (including phenoxy) is 8. The highest BCUT2D eigenvalue weighted by Gasteiger charge is 2.57. The van der Waals surface area contributed by atoms with Crippen LogP contribution in [0.25, 0.3) is 0 Å². The van der Waals surface area contributed by atoms with E-state index < -0.39 is 156 Å². The van der Waals surface area contributed by atoms with Gasteiger partial charge in [0.05, 0.1) is 47.7 Å². The number of aliphatic hydroxyl groups is 6. The summed E-state index contributed by atoms with van der Waals surface area (Å²) in [5.41, 5.74) is -3.15. The van der Waals surface area contributed by atoms with Gasteiger partial charge < -0.3 is 79.2 Å². The standard InChI is InChI=1S/C27H49NO9.C24H43NO9/c1-12-14-16(30)19(15(28-13(2)29)23(34-14)26(6,7)8)35-24-18(32)17(31)20(37-27(9,10)11)21(36-24)22(33)25(3,4)5;1-10-13-15(28)19(14(25-12(3)27)21(31-13)23(4,5)6)33-22-17(30)16(29)20(34-24(7,8)9)18(32-22)11(2)26/h14-21,23-24,30-32H,12H2,1-11H3,(H,28,29);13-22,28-30H,10H2,1-9H3,(H,25,27). The van der Waals surface area contributed by atoms with E-state index in [1.165, 1.54) is 20.8 Å². The van der Waals surface area contributed by atoms with E-state index in [1.807, 2.05) is 55.4 Å². The lowest BCUT2D eigenvalue weighted by Crippen LogP contribution is -2.69. The van der Waals surface area contributed by atoms with Crippen molar-refractivity contribution in [2.24, 2.45) is 16.2 Å². The third-order valence-electron chi connectivity index (χ3n) is 12.7. The van der Waals surface area contributed by atoms with Crippen LogP contribution in [0.2, 0.25) is 0 Å². The second kappa shape index (κ2) is 24.2. The van der Waals surface area contributed by atoms with Gasteiger partial charge in [-0.2, -0.15) is 0 Å². The van der Waals surface area contributed by atoms with Crippen molar-refractivity contribution in [3.63, 3.8) is 0 Å². The van der Waals surface area contributed by atoms with Gasteiger partial charge in [-0.25, -0.2) is 0 Å². The van der Waals surface area contributed by atoms with E-state index in [1.54, 1.807) is 62.3 Å². The van der Waals surface area contributed by atoms with Crippen molar-refractivity contribution in [1.82, 2.24) is 10.6 Å². The molecule has 71 heavy (non-hydrogen) atoms. The Kier molecular flexibility index (Phi) is 21.4. The molecule has 8 N–H and O–H groups in total. The fraction of sp³-hybridized carbons (Fsp3) is 0.922. The molecule has 20 atom stereocenters. The molecule has 4 saturated heterocycles. The number of hydrogen-bond acceptors (Lipinski definition) is 18. The van der Waals surface area contributed by atoms with Crippen LogP contribution in [0.3, 0.4) is 0 Å². The number of nitrogens with one attached hydrogen (secondary N) is 2. The van der Waals surface area contributed by atoms with Gasteiger partial charge in [-0.05, 0) is 72.1 Å². The number of ketones is 2. The van der Waals surface area contributed by atoms with Crippen molar-refractivity contribution in [3.05, 3.63) is 0 Å². The van der Waals surface area contributed by atoms with Crippen LogP contribution in [0.4, 0.5) is 0 Å². The summed E-state index contributed by atoms with van der Waals surface area (Å²) in [6, 6.07) is -1.56. The van der Waals surface area contributed by atoms with E-state index in [-0.39, 0.29) is 17.6 Å². The topological polar surface area (TPSA) is 288 Å². The molecule has 0 spiro atoms. The minimum atomic E-state index is -1.59. The lowest BCUT2D eigenvalue weighted by molar-refractivity contribution is -0.336. The SMILES string of the molecule is CCC1OC(C(C)(C)C)C(NC(C)=O)C(OC2OC(C(=O)C(C)(C)C)C(OC(C)(C)C)C(O)C2O)C1O.CCC1OC(C(C)(C)C)C(NC(C)=O)C(OC2OC(C(C)=O)C(OC(C)(C)C)C(O)C2O)C1O.